The highest BCUT2D eigenvalue weighted by molar-refractivity contribution is 5.90. The van der Waals surface area contributed by atoms with E-state index in [1.54, 1.807) is 13.0 Å². The van der Waals surface area contributed by atoms with Gasteiger partial charge in [0.15, 0.2) is 0 Å². The van der Waals surface area contributed by atoms with Crippen LogP contribution in [0.3, 0.4) is 0 Å². The molecule has 0 spiro atoms. The third-order valence-electron chi connectivity index (χ3n) is 4.61. The minimum Gasteiger partial charge on any atom is -0.380 e. The second-order valence-electron chi connectivity index (χ2n) is 7.27. The van der Waals surface area contributed by atoms with E-state index in [9.17, 15) is 53.9 Å². The molecule has 0 aliphatic carbocycles. The van der Waals surface area contributed by atoms with Crippen LogP contribution in [0.2, 0.25) is 0 Å². The average molecular weight is 534 g/mol. The minimum absolute atomic E-state index is 0.0621. The van der Waals surface area contributed by atoms with Crippen molar-refractivity contribution in [1.29, 1.82) is 0 Å². The van der Waals surface area contributed by atoms with Gasteiger partial charge in [0.2, 0.25) is 0 Å². The van der Waals surface area contributed by atoms with E-state index in [4.69, 9.17) is 4.52 Å². The van der Waals surface area contributed by atoms with Gasteiger partial charge in [-0.05, 0) is 37.0 Å². The number of halogens is 9. The van der Waals surface area contributed by atoms with Gasteiger partial charge in [0.05, 0.1) is 0 Å². The molecular weight excluding hydrogens is 519 g/mol. The second kappa shape index (κ2) is 10.6. The zero-order valence-electron chi connectivity index (χ0n) is 18.0. The zero-order chi connectivity index (χ0) is 27.5. The van der Waals surface area contributed by atoms with Crippen molar-refractivity contribution in [2.75, 3.05) is 13.1 Å². The van der Waals surface area contributed by atoms with Crippen molar-refractivity contribution < 1.29 is 63.2 Å². The Bertz CT molecular complexity index is 1100. The summed E-state index contributed by atoms with van der Waals surface area (Å²) < 4.78 is 112. The molecule has 0 bridgehead atoms. The van der Waals surface area contributed by atoms with E-state index in [0.29, 0.717) is 24.3 Å². The Morgan fingerprint density at radius 1 is 0.833 bits per heavy atom. The Morgan fingerprint density at radius 2 is 1.36 bits per heavy atom. The van der Waals surface area contributed by atoms with Crippen molar-refractivity contribution in [3.05, 3.63) is 41.2 Å². The molecule has 16 heteroatoms. The standard InChI is InChI=1S/C16H15F3N2O2.C4F6O3/c1-10-8-14(20-23-10)13-3-2-11-4-6-21(7-5-12(11)9-13)15(22)16(17,18)19;5-3(6,7)1(11)13-2(12)4(8,9)10/h2-3,8-9H,4-7H2,1H3;. The number of esters is 2. The first-order chi connectivity index (χ1) is 16.4. The summed E-state index contributed by atoms with van der Waals surface area (Å²) in [6.07, 6.45) is -15.3. The molecule has 3 rings (SSSR count). The molecule has 7 nitrogen and oxygen atoms in total. The van der Waals surface area contributed by atoms with Crippen molar-refractivity contribution in [3.63, 3.8) is 0 Å². The van der Waals surface area contributed by atoms with Gasteiger partial charge < -0.3 is 14.2 Å². The van der Waals surface area contributed by atoms with E-state index in [2.05, 4.69) is 9.89 Å². The smallest absolute Gasteiger partial charge is 0.380 e. The SMILES string of the molecule is Cc1cc(-c2ccc3c(c2)CCN(C(=O)C(F)(F)F)CC3)no1.O=C(OC(=O)C(F)(F)F)C(F)(F)F. The van der Waals surface area contributed by atoms with Gasteiger partial charge in [-0.15, -0.1) is 0 Å². The second-order valence-corrected chi connectivity index (χ2v) is 7.27. The Morgan fingerprint density at radius 3 is 1.81 bits per heavy atom. The summed E-state index contributed by atoms with van der Waals surface area (Å²) in [5.41, 5.74) is 3.46. The number of hydrogen-bond acceptors (Lipinski definition) is 6. The summed E-state index contributed by atoms with van der Waals surface area (Å²) >= 11 is 0. The molecule has 1 amide bonds. The number of ether oxygens (including phenoxy) is 1. The topological polar surface area (TPSA) is 89.7 Å². The van der Waals surface area contributed by atoms with Crippen LogP contribution >= 0.6 is 0 Å². The van der Waals surface area contributed by atoms with Crippen LogP contribution < -0.4 is 0 Å². The summed E-state index contributed by atoms with van der Waals surface area (Å²) in [6, 6.07) is 7.47. The molecule has 0 radical (unpaired) electrons. The number of carbonyl (C=O) groups excluding carboxylic acids is 3. The lowest BCUT2D eigenvalue weighted by atomic mass is 9.99. The van der Waals surface area contributed by atoms with Crippen molar-refractivity contribution in [2.45, 2.75) is 38.3 Å². The van der Waals surface area contributed by atoms with Gasteiger partial charge in [-0.3, -0.25) is 4.79 Å². The monoisotopic (exact) mass is 534 g/mol. The summed E-state index contributed by atoms with van der Waals surface area (Å²) in [6.45, 7) is 1.93. The maximum atomic E-state index is 12.6. The summed E-state index contributed by atoms with van der Waals surface area (Å²) in [4.78, 5) is 31.6. The van der Waals surface area contributed by atoms with Gasteiger partial charge in [0.25, 0.3) is 0 Å². The van der Waals surface area contributed by atoms with Gasteiger partial charge in [-0.2, -0.15) is 39.5 Å². The van der Waals surface area contributed by atoms with Crippen LogP contribution in [-0.4, -0.2) is 59.5 Å². The van der Waals surface area contributed by atoms with Crippen molar-refractivity contribution in [1.82, 2.24) is 10.1 Å². The predicted molar refractivity (Wildman–Crippen MR) is 99.9 cm³/mol. The highest BCUT2D eigenvalue weighted by Crippen LogP contribution is 2.27. The third kappa shape index (κ3) is 7.71. The third-order valence-corrected chi connectivity index (χ3v) is 4.61. The fourth-order valence-electron chi connectivity index (χ4n) is 2.97. The number of benzene rings is 1. The molecular formula is C20H15F9N2O5. The van der Waals surface area contributed by atoms with E-state index >= 15 is 0 Å². The Hall–Kier alpha value is -3.59. The molecule has 0 N–H and O–H groups in total. The van der Waals surface area contributed by atoms with Gasteiger partial charge in [-0.1, -0.05) is 17.3 Å². The predicted octanol–water partition coefficient (Wildman–Crippen LogP) is 4.32. The van der Waals surface area contributed by atoms with Crippen LogP contribution in [0, 0.1) is 6.92 Å². The van der Waals surface area contributed by atoms with E-state index < -0.39 is 36.4 Å². The lowest BCUT2D eigenvalue weighted by molar-refractivity contribution is -0.221. The maximum absolute atomic E-state index is 12.6. The lowest BCUT2D eigenvalue weighted by Gasteiger charge is -2.21. The molecule has 2 heterocycles. The number of carbonyl (C=O) groups is 3. The van der Waals surface area contributed by atoms with Crippen molar-refractivity contribution in [2.24, 2.45) is 0 Å². The van der Waals surface area contributed by atoms with Crippen LogP contribution in [0.4, 0.5) is 39.5 Å². The van der Waals surface area contributed by atoms with E-state index in [1.807, 2.05) is 18.2 Å². The number of nitrogens with zero attached hydrogens (tertiary/aromatic N) is 2. The van der Waals surface area contributed by atoms with Crippen molar-refractivity contribution >= 4 is 17.8 Å². The van der Waals surface area contributed by atoms with Gasteiger partial charge in [0, 0.05) is 24.7 Å². The van der Waals surface area contributed by atoms with E-state index in [-0.39, 0.29) is 13.1 Å². The van der Waals surface area contributed by atoms with E-state index in [0.717, 1.165) is 21.6 Å². The minimum atomic E-state index is -5.62. The fraction of sp³-hybridized carbons (Fsp3) is 0.400. The number of fused-ring (bicyclic) bond motifs is 1. The van der Waals surface area contributed by atoms with Crippen LogP contribution in [0.5, 0.6) is 0 Å². The molecule has 1 aromatic carbocycles. The quantitative estimate of drug-likeness (QED) is 0.308. The largest absolute Gasteiger partial charge is 0.491 e. The van der Waals surface area contributed by atoms with Crippen LogP contribution in [0.15, 0.2) is 28.8 Å². The molecule has 1 aliphatic heterocycles. The number of alkyl halides is 9. The van der Waals surface area contributed by atoms with Crippen LogP contribution in [0.25, 0.3) is 11.3 Å². The van der Waals surface area contributed by atoms with E-state index in [1.165, 1.54) is 0 Å². The number of aryl methyl sites for hydroxylation is 1. The highest BCUT2D eigenvalue weighted by Gasteiger charge is 2.49. The Kier molecular flexibility index (Phi) is 8.41. The van der Waals surface area contributed by atoms with Crippen LogP contribution in [0.1, 0.15) is 16.9 Å². The lowest BCUT2D eigenvalue weighted by Crippen LogP contribution is -2.42. The van der Waals surface area contributed by atoms with Crippen molar-refractivity contribution in [3.8, 4) is 11.3 Å². The zero-order valence-corrected chi connectivity index (χ0v) is 18.0. The van der Waals surface area contributed by atoms with Crippen LogP contribution in [-0.2, 0) is 32.0 Å². The first-order valence-corrected chi connectivity index (χ1v) is 9.71. The highest BCUT2D eigenvalue weighted by atomic mass is 19.4. The average Bonchev–Trinajstić information content (AvgIpc) is 3.07. The number of rotatable bonds is 1. The van der Waals surface area contributed by atoms with Gasteiger partial charge in [-0.25, -0.2) is 9.59 Å². The maximum Gasteiger partial charge on any atom is 0.491 e. The molecule has 1 aliphatic rings. The fourth-order valence-corrected chi connectivity index (χ4v) is 2.97. The molecule has 198 valence electrons. The first-order valence-electron chi connectivity index (χ1n) is 9.71. The molecule has 0 fully saturated rings. The molecule has 36 heavy (non-hydrogen) atoms. The number of amides is 1. The molecule has 0 atom stereocenters. The summed E-state index contributed by atoms with van der Waals surface area (Å²) in [5.74, 6) is -7.47. The normalized spacial score (nSPS) is 14.2. The molecule has 0 saturated heterocycles. The Labute approximate surface area is 195 Å². The molecule has 0 unspecified atom stereocenters. The number of aromatic nitrogens is 1. The molecule has 1 aromatic heterocycles. The molecule has 0 saturated carbocycles. The van der Waals surface area contributed by atoms with Gasteiger partial charge >= 0.3 is 36.4 Å². The number of hydrogen-bond donors (Lipinski definition) is 0. The van der Waals surface area contributed by atoms with Gasteiger partial charge in [0.1, 0.15) is 11.5 Å². The first kappa shape index (κ1) is 28.6. The summed E-state index contributed by atoms with van der Waals surface area (Å²) in [7, 11) is 0. The molecule has 2 aromatic rings. The Balaban J connectivity index is 0.000000302. The summed E-state index contributed by atoms with van der Waals surface area (Å²) in [5, 5.41) is 3.95.